The van der Waals surface area contributed by atoms with Crippen molar-refractivity contribution >= 4 is 6.09 Å². The highest BCUT2D eigenvalue weighted by atomic mass is 16.4. The molecular formula is C14H12NO2-. The zero-order chi connectivity index (χ0) is 12.1. The maximum Gasteiger partial charge on any atom is 0.134 e. The average molecular weight is 226 g/mol. The standard InChI is InChI=1S/C14H13NO2/c16-14(17)15-13(11-7-3-1-4-8-11)12-9-5-2-6-10-12/h1-10,13,15H,(H,16,17)/p-1. The van der Waals surface area contributed by atoms with Crippen LogP contribution in [-0.2, 0) is 0 Å². The Morgan fingerprint density at radius 1 is 0.882 bits per heavy atom. The summed E-state index contributed by atoms with van der Waals surface area (Å²) in [5.41, 5.74) is 1.78. The number of rotatable bonds is 3. The van der Waals surface area contributed by atoms with Crippen molar-refractivity contribution < 1.29 is 9.90 Å². The van der Waals surface area contributed by atoms with Crippen molar-refractivity contribution in [3.8, 4) is 0 Å². The second-order valence-electron chi connectivity index (χ2n) is 3.69. The quantitative estimate of drug-likeness (QED) is 0.866. The van der Waals surface area contributed by atoms with Crippen molar-refractivity contribution in [1.82, 2.24) is 5.32 Å². The van der Waals surface area contributed by atoms with Crippen molar-refractivity contribution in [3.63, 3.8) is 0 Å². The summed E-state index contributed by atoms with van der Waals surface area (Å²) in [6.45, 7) is 0. The molecule has 2 aromatic carbocycles. The van der Waals surface area contributed by atoms with E-state index in [4.69, 9.17) is 0 Å². The van der Waals surface area contributed by atoms with Crippen LogP contribution in [0.5, 0.6) is 0 Å². The van der Waals surface area contributed by atoms with E-state index in [9.17, 15) is 9.90 Å². The molecule has 0 bridgehead atoms. The Labute approximate surface area is 99.7 Å². The van der Waals surface area contributed by atoms with Crippen LogP contribution in [0.1, 0.15) is 17.2 Å². The lowest BCUT2D eigenvalue weighted by molar-refractivity contribution is -0.251. The molecule has 0 aliphatic carbocycles. The molecule has 0 aromatic heterocycles. The van der Waals surface area contributed by atoms with Gasteiger partial charge in [0.05, 0.1) is 6.04 Å². The molecule has 0 fully saturated rings. The van der Waals surface area contributed by atoms with Gasteiger partial charge in [-0.15, -0.1) is 0 Å². The Morgan fingerprint density at radius 3 is 1.65 bits per heavy atom. The van der Waals surface area contributed by atoms with Gasteiger partial charge in [-0.25, -0.2) is 0 Å². The van der Waals surface area contributed by atoms with Crippen LogP contribution in [0, 0.1) is 0 Å². The summed E-state index contributed by atoms with van der Waals surface area (Å²) in [6.07, 6.45) is -1.28. The number of amides is 1. The van der Waals surface area contributed by atoms with E-state index in [1.54, 1.807) is 0 Å². The number of hydrogen-bond donors (Lipinski definition) is 1. The lowest BCUT2D eigenvalue weighted by Crippen LogP contribution is -2.39. The molecule has 86 valence electrons. The van der Waals surface area contributed by atoms with Crippen LogP contribution in [0.25, 0.3) is 0 Å². The number of nitrogens with one attached hydrogen (secondary N) is 1. The van der Waals surface area contributed by atoms with E-state index in [0.29, 0.717) is 0 Å². The summed E-state index contributed by atoms with van der Waals surface area (Å²) >= 11 is 0. The molecule has 0 atom stereocenters. The maximum atomic E-state index is 10.7. The minimum Gasteiger partial charge on any atom is -0.530 e. The normalized spacial score (nSPS) is 10.2. The Bertz CT molecular complexity index is 443. The van der Waals surface area contributed by atoms with E-state index in [-0.39, 0.29) is 6.04 Å². The van der Waals surface area contributed by atoms with E-state index in [0.717, 1.165) is 11.1 Å². The number of benzene rings is 2. The summed E-state index contributed by atoms with van der Waals surface area (Å²) in [7, 11) is 0. The molecule has 0 saturated heterocycles. The zero-order valence-corrected chi connectivity index (χ0v) is 9.17. The molecule has 2 rings (SSSR count). The maximum absolute atomic E-state index is 10.7. The summed E-state index contributed by atoms with van der Waals surface area (Å²) in [5.74, 6) is 0. The third-order valence-corrected chi connectivity index (χ3v) is 2.53. The van der Waals surface area contributed by atoms with Crippen LogP contribution in [-0.4, -0.2) is 6.09 Å². The van der Waals surface area contributed by atoms with E-state index in [2.05, 4.69) is 5.32 Å². The van der Waals surface area contributed by atoms with Gasteiger partial charge >= 0.3 is 0 Å². The van der Waals surface area contributed by atoms with Gasteiger partial charge in [-0.2, -0.15) is 0 Å². The molecule has 0 spiro atoms. The lowest BCUT2D eigenvalue weighted by atomic mass is 9.99. The van der Waals surface area contributed by atoms with Gasteiger partial charge in [0.1, 0.15) is 6.09 Å². The Balaban J connectivity index is 2.36. The van der Waals surface area contributed by atoms with Crippen molar-refractivity contribution in [1.29, 1.82) is 0 Å². The molecule has 17 heavy (non-hydrogen) atoms. The van der Waals surface area contributed by atoms with Crippen molar-refractivity contribution in [2.45, 2.75) is 6.04 Å². The number of hydrogen-bond acceptors (Lipinski definition) is 2. The van der Waals surface area contributed by atoms with E-state index < -0.39 is 6.09 Å². The van der Waals surface area contributed by atoms with Gasteiger partial charge in [-0.05, 0) is 11.1 Å². The third-order valence-electron chi connectivity index (χ3n) is 2.53. The van der Waals surface area contributed by atoms with Crippen LogP contribution in [0.2, 0.25) is 0 Å². The van der Waals surface area contributed by atoms with Crippen LogP contribution < -0.4 is 10.4 Å². The third kappa shape index (κ3) is 2.84. The molecule has 3 heteroatoms. The lowest BCUT2D eigenvalue weighted by Gasteiger charge is -2.21. The smallest absolute Gasteiger partial charge is 0.134 e. The minimum absolute atomic E-state index is 0.387. The molecular weight excluding hydrogens is 214 g/mol. The summed E-state index contributed by atoms with van der Waals surface area (Å²) in [5, 5.41) is 13.2. The molecule has 0 aliphatic heterocycles. The van der Waals surface area contributed by atoms with Gasteiger partial charge in [0.15, 0.2) is 0 Å². The second-order valence-corrected chi connectivity index (χ2v) is 3.69. The van der Waals surface area contributed by atoms with Crippen LogP contribution in [0.4, 0.5) is 4.79 Å². The molecule has 0 unspecified atom stereocenters. The summed E-state index contributed by atoms with van der Waals surface area (Å²) in [6, 6.07) is 18.4. The molecule has 1 amide bonds. The Kier molecular flexibility index (Phi) is 3.40. The largest absolute Gasteiger partial charge is 0.530 e. The number of carbonyl (C=O) groups excluding carboxylic acids is 1. The van der Waals surface area contributed by atoms with Gasteiger partial charge < -0.3 is 15.2 Å². The Hall–Kier alpha value is -2.29. The molecule has 0 radical (unpaired) electrons. The molecule has 2 aromatic rings. The van der Waals surface area contributed by atoms with Crippen LogP contribution in [0.3, 0.4) is 0 Å². The van der Waals surface area contributed by atoms with Gasteiger partial charge in [0.25, 0.3) is 0 Å². The number of carboxylic acid groups (broad SMARTS) is 1. The van der Waals surface area contributed by atoms with Crippen molar-refractivity contribution in [2.75, 3.05) is 0 Å². The average Bonchev–Trinajstić information content (AvgIpc) is 2.38. The highest BCUT2D eigenvalue weighted by Gasteiger charge is 2.12. The van der Waals surface area contributed by atoms with Crippen LogP contribution >= 0.6 is 0 Å². The first-order chi connectivity index (χ1) is 8.27. The molecule has 0 heterocycles. The first kappa shape index (κ1) is 11.2. The van der Waals surface area contributed by atoms with Crippen molar-refractivity contribution in [3.05, 3.63) is 71.8 Å². The van der Waals surface area contributed by atoms with Gasteiger partial charge in [0, 0.05) is 0 Å². The first-order valence-corrected chi connectivity index (χ1v) is 5.35. The fourth-order valence-corrected chi connectivity index (χ4v) is 1.77. The second kappa shape index (κ2) is 5.16. The molecule has 3 nitrogen and oxygen atoms in total. The van der Waals surface area contributed by atoms with Gasteiger partial charge in [-0.1, -0.05) is 60.7 Å². The van der Waals surface area contributed by atoms with Gasteiger partial charge in [0.2, 0.25) is 0 Å². The minimum atomic E-state index is -1.28. The predicted octanol–water partition coefficient (Wildman–Crippen LogP) is 1.71. The molecule has 0 aliphatic rings. The summed E-state index contributed by atoms with van der Waals surface area (Å²) < 4.78 is 0. The highest BCUT2D eigenvalue weighted by Crippen LogP contribution is 2.21. The fraction of sp³-hybridized carbons (Fsp3) is 0.0714. The van der Waals surface area contributed by atoms with E-state index >= 15 is 0 Å². The topological polar surface area (TPSA) is 52.2 Å². The first-order valence-electron chi connectivity index (χ1n) is 5.35. The van der Waals surface area contributed by atoms with E-state index in [1.165, 1.54) is 0 Å². The highest BCUT2D eigenvalue weighted by molar-refractivity contribution is 5.63. The van der Waals surface area contributed by atoms with Gasteiger partial charge in [-0.3, -0.25) is 0 Å². The van der Waals surface area contributed by atoms with E-state index in [1.807, 2.05) is 60.7 Å². The van der Waals surface area contributed by atoms with Crippen LogP contribution in [0.15, 0.2) is 60.7 Å². The monoisotopic (exact) mass is 226 g/mol. The number of carbonyl (C=O) groups is 1. The SMILES string of the molecule is O=C([O-])NC(c1ccccc1)c1ccccc1. The molecule has 0 saturated carbocycles. The summed E-state index contributed by atoms with van der Waals surface area (Å²) in [4.78, 5) is 10.7. The molecule has 1 N–H and O–H groups in total. The zero-order valence-electron chi connectivity index (χ0n) is 9.17. The fourth-order valence-electron chi connectivity index (χ4n) is 1.77. The van der Waals surface area contributed by atoms with Crippen molar-refractivity contribution in [2.24, 2.45) is 0 Å². The Morgan fingerprint density at radius 2 is 1.29 bits per heavy atom. The predicted molar refractivity (Wildman–Crippen MR) is 63.3 cm³/mol.